The summed E-state index contributed by atoms with van der Waals surface area (Å²) >= 11 is 6.02. The molecule has 0 saturated carbocycles. The van der Waals surface area contributed by atoms with Crippen LogP contribution in [-0.2, 0) is 14.8 Å². The first kappa shape index (κ1) is 20.0. The van der Waals surface area contributed by atoms with Crippen LogP contribution in [0.1, 0.15) is 38.5 Å². The third-order valence-electron chi connectivity index (χ3n) is 4.88. The van der Waals surface area contributed by atoms with Crippen molar-refractivity contribution in [3.63, 3.8) is 0 Å². The largest absolute Gasteiger partial charge is 0.478 e. The second kappa shape index (κ2) is 8.52. The van der Waals surface area contributed by atoms with Gasteiger partial charge < -0.3 is 10.1 Å². The van der Waals surface area contributed by atoms with Gasteiger partial charge in [-0.1, -0.05) is 23.3 Å². The molecule has 27 heavy (non-hydrogen) atoms. The van der Waals surface area contributed by atoms with Crippen LogP contribution in [0.2, 0.25) is 5.02 Å². The zero-order valence-electron chi connectivity index (χ0n) is 15.4. The number of allylic oxidation sites excluding steroid dienone is 1. The SMILES string of the molecule is CS(=O)(=O)N1CC[C@H](C(=O)NCCC2=CCCCC2)Oc2ccc(Cl)cc21. The van der Waals surface area contributed by atoms with Crippen molar-refractivity contribution in [1.82, 2.24) is 5.32 Å². The molecule has 1 aliphatic carbocycles. The highest BCUT2D eigenvalue weighted by molar-refractivity contribution is 7.92. The van der Waals surface area contributed by atoms with E-state index in [0.29, 0.717) is 23.0 Å². The average Bonchev–Trinajstić information content (AvgIpc) is 2.81. The highest BCUT2D eigenvalue weighted by Crippen LogP contribution is 2.36. The van der Waals surface area contributed by atoms with Crippen molar-refractivity contribution >= 4 is 33.2 Å². The number of hydrogen-bond acceptors (Lipinski definition) is 4. The van der Waals surface area contributed by atoms with E-state index in [1.54, 1.807) is 18.2 Å². The van der Waals surface area contributed by atoms with Gasteiger partial charge in [-0.15, -0.1) is 0 Å². The molecule has 148 valence electrons. The fraction of sp³-hybridized carbons (Fsp3) is 0.526. The maximum atomic E-state index is 12.6. The minimum absolute atomic E-state index is 0.162. The van der Waals surface area contributed by atoms with Crippen molar-refractivity contribution in [2.24, 2.45) is 0 Å². The number of anilines is 1. The molecule has 6 nitrogen and oxygen atoms in total. The molecule has 0 fully saturated rings. The number of rotatable bonds is 5. The molecule has 8 heteroatoms. The molecule has 0 saturated heterocycles. The Balaban J connectivity index is 1.68. The molecule has 1 aliphatic heterocycles. The number of hydrogen-bond donors (Lipinski definition) is 1. The van der Waals surface area contributed by atoms with Gasteiger partial charge in [0.25, 0.3) is 5.91 Å². The van der Waals surface area contributed by atoms with E-state index in [0.717, 1.165) is 25.5 Å². The van der Waals surface area contributed by atoms with Crippen molar-refractivity contribution in [3.05, 3.63) is 34.9 Å². The minimum atomic E-state index is -3.50. The van der Waals surface area contributed by atoms with Crippen LogP contribution in [0, 0.1) is 0 Å². The molecule has 1 heterocycles. The van der Waals surface area contributed by atoms with Gasteiger partial charge in [0, 0.05) is 24.5 Å². The lowest BCUT2D eigenvalue weighted by Crippen LogP contribution is -2.40. The second-order valence-electron chi connectivity index (χ2n) is 6.99. The van der Waals surface area contributed by atoms with Crippen LogP contribution < -0.4 is 14.4 Å². The summed E-state index contributed by atoms with van der Waals surface area (Å²) in [6, 6.07) is 4.78. The Kier molecular flexibility index (Phi) is 6.32. The molecule has 1 aromatic carbocycles. The number of fused-ring (bicyclic) bond motifs is 1. The monoisotopic (exact) mass is 412 g/mol. The van der Waals surface area contributed by atoms with Gasteiger partial charge in [-0.05, 0) is 50.3 Å². The summed E-state index contributed by atoms with van der Waals surface area (Å²) in [6.45, 7) is 0.725. The molecule has 0 spiro atoms. The van der Waals surface area contributed by atoms with E-state index in [2.05, 4.69) is 11.4 Å². The first-order valence-corrected chi connectivity index (χ1v) is 11.5. The van der Waals surface area contributed by atoms with E-state index in [-0.39, 0.29) is 18.9 Å². The first-order valence-electron chi connectivity index (χ1n) is 9.24. The zero-order chi connectivity index (χ0) is 19.4. The van der Waals surface area contributed by atoms with E-state index in [9.17, 15) is 13.2 Å². The number of nitrogens with zero attached hydrogens (tertiary/aromatic N) is 1. The fourth-order valence-corrected chi connectivity index (χ4v) is 4.58. The van der Waals surface area contributed by atoms with Crippen LogP contribution in [0.15, 0.2) is 29.8 Å². The molecule has 1 N–H and O–H groups in total. The first-order chi connectivity index (χ1) is 12.8. The van der Waals surface area contributed by atoms with Crippen molar-refractivity contribution in [2.45, 2.75) is 44.6 Å². The highest BCUT2D eigenvalue weighted by atomic mass is 35.5. The molecule has 0 bridgehead atoms. The van der Waals surface area contributed by atoms with Crippen LogP contribution in [0.5, 0.6) is 5.75 Å². The van der Waals surface area contributed by atoms with Gasteiger partial charge in [0.05, 0.1) is 11.9 Å². The molecule has 3 rings (SSSR count). The minimum Gasteiger partial charge on any atom is -0.478 e. The van der Waals surface area contributed by atoms with Gasteiger partial charge in [0.1, 0.15) is 5.75 Å². The Labute approximate surface area is 165 Å². The standard InChI is InChI=1S/C19H25ClN2O4S/c1-27(24,25)22-12-10-18(26-17-8-7-15(20)13-16(17)22)19(23)21-11-9-14-5-3-2-4-6-14/h5,7-8,13,18H,2-4,6,9-12H2,1H3,(H,21,23)/t18-/m1/s1. The third-order valence-corrected chi connectivity index (χ3v) is 6.29. The number of benzene rings is 1. The molecular weight excluding hydrogens is 388 g/mol. The number of carbonyl (C=O) groups is 1. The Morgan fingerprint density at radius 3 is 2.89 bits per heavy atom. The number of ether oxygens (including phenoxy) is 1. The van der Waals surface area contributed by atoms with Crippen LogP contribution >= 0.6 is 11.6 Å². The van der Waals surface area contributed by atoms with Crippen LogP contribution in [-0.4, -0.2) is 39.8 Å². The highest BCUT2D eigenvalue weighted by Gasteiger charge is 2.31. The smallest absolute Gasteiger partial charge is 0.261 e. The summed E-state index contributed by atoms with van der Waals surface area (Å²) in [5.74, 6) is 0.125. The van der Waals surface area contributed by atoms with Gasteiger partial charge >= 0.3 is 0 Å². The van der Waals surface area contributed by atoms with E-state index in [1.807, 2.05) is 0 Å². The molecular formula is C19H25ClN2O4S. The lowest BCUT2D eigenvalue weighted by Gasteiger charge is -2.21. The van der Waals surface area contributed by atoms with Crippen molar-refractivity contribution < 1.29 is 17.9 Å². The summed E-state index contributed by atoms with van der Waals surface area (Å²) in [4.78, 5) is 12.6. The van der Waals surface area contributed by atoms with E-state index in [4.69, 9.17) is 16.3 Å². The number of halogens is 1. The maximum absolute atomic E-state index is 12.6. The van der Waals surface area contributed by atoms with Crippen LogP contribution in [0.4, 0.5) is 5.69 Å². The molecule has 1 amide bonds. The summed E-state index contributed by atoms with van der Waals surface area (Å²) < 4.78 is 31.4. The normalized spacial score (nSPS) is 20.1. The van der Waals surface area contributed by atoms with Gasteiger partial charge in [0.2, 0.25) is 10.0 Å². The fourth-order valence-electron chi connectivity index (χ4n) is 3.47. The van der Waals surface area contributed by atoms with Crippen molar-refractivity contribution in [1.29, 1.82) is 0 Å². The van der Waals surface area contributed by atoms with Crippen LogP contribution in [0.25, 0.3) is 0 Å². The number of sulfonamides is 1. The Morgan fingerprint density at radius 2 is 2.19 bits per heavy atom. The van der Waals surface area contributed by atoms with Crippen molar-refractivity contribution in [3.8, 4) is 5.75 Å². The lowest BCUT2D eigenvalue weighted by atomic mass is 9.97. The molecule has 0 radical (unpaired) electrons. The molecule has 2 aliphatic rings. The topological polar surface area (TPSA) is 75.7 Å². The van der Waals surface area contributed by atoms with E-state index < -0.39 is 16.1 Å². The van der Waals surface area contributed by atoms with Crippen LogP contribution in [0.3, 0.4) is 0 Å². The van der Waals surface area contributed by atoms with Gasteiger partial charge in [-0.25, -0.2) is 8.42 Å². The predicted octanol–water partition coefficient (Wildman–Crippen LogP) is 3.26. The maximum Gasteiger partial charge on any atom is 0.261 e. The Bertz CT molecular complexity index is 838. The predicted molar refractivity (Wildman–Crippen MR) is 107 cm³/mol. The van der Waals surface area contributed by atoms with E-state index in [1.165, 1.54) is 22.7 Å². The summed E-state index contributed by atoms with van der Waals surface area (Å²) in [6.07, 6.45) is 8.46. The third kappa shape index (κ3) is 5.17. The molecule has 0 aromatic heterocycles. The van der Waals surface area contributed by atoms with Gasteiger partial charge in [-0.3, -0.25) is 9.10 Å². The summed E-state index contributed by atoms with van der Waals surface area (Å²) in [5, 5.41) is 3.34. The second-order valence-corrected chi connectivity index (χ2v) is 9.33. The average molecular weight is 413 g/mol. The van der Waals surface area contributed by atoms with E-state index >= 15 is 0 Å². The van der Waals surface area contributed by atoms with Gasteiger partial charge in [0.15, 0.2) is 6.10 Å². The van der Waals surface area contributed by atoms with Crippen molar-refractivity contribution in [2.75, 3.05) is 23.7 Å². The number of amides is 1. The Morgan fingerprint density at radius 1 is 1.37 bits per heavy atom. The summed E-state index contributed by atoms with van der Waals surface area (Å²) in [7, 11) is -3.50. The molecule has 1 atom stereocenters. The van der Waals surface area contributed by atoms with Gasteiger partial charge in [-0.2, -0.15) is 0 Å². The Hall–Kier alpha value is -1.73. The number of nitrogens with one attached hydrogen (secondary N) is 1. The quantitative estimate of drug-likeness (QED) is 0.753. The summed E-state index contributed by atoms with van der Waals surface area (Å²) in [5.41, 5.74) is 1.76. The molecule has 1 aromatic rings. The number of carbonyl (C=O) groups excluding carboxylic acids is 1. The molecule has 0 unspecified atom stereocenters. The lowest BCUT2D eigenvalue weighted by molar-refractivity contribution is -0.128. The zero-order valence-corrected chi connectivity index (χ0v) is 17.0.